The van der Waals surface area contributed by atoms with Crippen molar-refractivity contribution in [2.75, 3.05) is 36.5 Å². The molecule has 7 heteroatoms. The molecular weight excluding hydrogens is 356 g/mol. The molecule has 2 aromatic rings. The fourth-order valence-corrected chi connectivity index (χ4v) is 3.25. The van der Waals surface area contributed by atoms with Crippen LogP contribution in [-0.4, -0.2) is 42.2 Å². The van der Waals surface area contributed by atoms with E-state index in [1.807, 2.05) is 26.0 Å². The lowest BCUT2D eigenvalue weighted by Gasteiger charge is -2.31. The molecule has 1 aromatic carbocycles. The highest BCUT2D eigenvalue weighted by atomic mass is 16.5. The Morgan fingerprint density at radius 3 is 2.75 bits per heavy atom. The zero-order valence-corrected chi connectivity index (χ0v) is 16.8. The first-order chi connectivity index (χ1) is 13.5. The van der Waals surface area contributed by atoms with Gasteiger partial charge in [-0.3, -0.25) is 4.79 Å². The van der Waals surface area contributed by atoms with Gasteiger partial charge in [0.2, 0.25) is 11.8 Å². The van der Waals surface area contributed by atoms with Gasteiger partial charge in [-0.05, 0) is 56.9 Å². The van der Waals surface area contributed by atoms with E-state index in [-0.39, 0.29) is 12.5 Å². The van der Waals surface area contributed by atoms with Crippen LogP contribution in [-0.2, 0) is 4.79 Å². The molecule has 3 rings (SSSR count). The monoisotopic (exact) mass is 384 g/mol. The van der Waals surface area contributed by atoms with Crippen molar-refractivity contribution < 1.29 is 14.3 Å². The molecule has 0 radical (unpaired) electrons. The summed E-state index contributed by atoms with van der Waals surface area (Å²) < 4.78 is 11.0. The third-order valence-corrected chi connectivity index (χ3v) is 4.56. The number of carbonyl (C=O) groups is 1. The van der Waals surface area contributed by atoms with Crippen LogP contribution in [0.5, 0.6) is 11.6 Å². The van der Waals surface area contributed by atoms with Gasteiger partial charge >= 0.3 is 0 Å². The summed E-state index contributed by atoms with van der Waals surface area (Å²) in [4.78, 5) is 23.4. The van der Waals surface area contributed by atoms with Crippen LogP contribution in [0.1, 0.15) is 32.4 Å². The van der Waals surface area contributed by atoms with Crippen molar-refractivity contribution >= 4 is 17.5 Å². The minimum absolute atomic E-state index is 0.112. The number of amides is 1. The van der Waals surface area contributed by atoms with E-state index in [2.05, 4.69) is 27.1 Å². The Kier molecular flexibility index (Phi) is 6.68. The van der Waals surface area contributed by atoms with E-state index >= 15 is 0 Å². The predicted molar refractivity (Wildman–Crippen MR) is 109 cm³/mol. The van der Waals surface area contributed by atoms with E-state index in [1.165, 1.54) is 6.42 Å². The number of benzene rings is 1. The highest BCUT2D eigenvalue weighted by Crippen LogP contribution is 2.22. The van der Waals surface area contributed by atoms with Crippen molar-refractivity contribution in [3.63, 3.8) is 0 Å². The third kappa shape index (κ3) is 5.58. The predicted octanol–water partition coefficient (Wildman–Crippen LogP) is 3.44. The van der Waals surface area contributed by atoms with Gasteiger partial charge in [-0.25, -0.2) is 4.98 Å². The second-order valence-corrected chi connectivity index (χ2v) is 7.14. The number of anilines is 2. The summed E-state index contributed by atoms with van der Waals surface area (Å²) in [5, 5.41) is 2.81. The molecule has 0 saturated carbocycles. The summed E-state index contributed by atoms with van der Waals surface area (Å²) >= 11 is 0. The van der Waals surface area contributed by atoms with Crippen molar-refractivity contribution in [3.8, 4) is 11.6 Å². The molecule has 0 spiro atoms. The Balaban J connectivity index is 1.56. The zero-order valence-electron chi connectivity index (χ0n) is 16.8. The number of nitrogens with one attached hydrogen (secondary N) is 1. The van der Waals surface area contributed by atoms with Gasteiger partial charge in [-0.1, -0.05) is 6.92 Å². The first kappa shape index (κ1) is 19.9. The molecule has 1 amide bonds. The maximum atomic E-state index is 12.2. The number of hydrogen-bond donors (Lipinski definition) is 1. The molecule has 0 bridgehead atoms. The fourth-order valence-electron chi connectivity index (χ4n) is 3.25. The second-order valence-electron chi connectivity index (χ2n) is 7.14. The van der Waals surface area contributed by atoms with Crippen LogP contribution < -0.4 is 19.7 Å². The lowest BCUT2D eigenvalue weighted by Crippen LogP contribution is -2.35. The second kappa shape index (κ2) is 9.39. The van der Waals surface area contributed by atoms with Crippen molar-refractivity contribution in [2.24, 2.45) is 5.92 Å². The summed E-state index contributed by atoms with van der Waals surface area (Å²) in [6.45, 7) is 8.47. The molecule has 1 saturated heterocycles. The van der Waals surface area contributed by atoms with Crippen LogP contribution in [0.15, 0.2) is 30.3 Å². The van der Waals surface area contributed by atoms with Crippen molar-refractivity contribution in [2.45, 2.75) is 33.6 Å². The number of hydrogen-bond acceptors (Lipinski definition) is 6. The Morgan fingerprint density at radius 1 is 1.25 bits per heavy atom. The zero-order chi connectivity index (χ0) is 19.9. The third-order valence-electron chi connectivity index (χ3n) is 4.56. The van der Waals surface area contributed by atoms with E-state index in [4.69, 9.17) is 9.47 Å². The summed E-state index contributed by atoms with van der Waals surface area (Å²) in [7, 11) is 0. The first-order valence-electron chi connectivity index (χ1n) is 9.79. The smallest absolute Gasteiger partial charge is 0.262 e. The standard InChI is InChI=1S/C21H28N4O3/c1-4-27-18-9-7-17(8-10-18)23-19(26)14-28-20-12-16(3)22-21(24-20)25-11-5-6-15(2)13-25/h7-10,12,15H,4-6,11,13-14H2,1-3H3,(H,23,26)/t15-/m1/s1. The van der Waals surface area contributed by atoms with E-state index in [0.717, 1.165) is 31.0 Å². The quantitative estimate of drug-likeness (QED) is 0.788. The number of ether oxygens (including phenoxy) is 2. The molecule has 1 aliphatic rings. The summed E-state index contributed by atoms with van der Waals surface area (Å²) in [5.74, 6) is 2.25. The Morgan fingerprint density at radius 2 is 2.04 bits per heavy atom. The minimum atomic E-state index is -0.242. The maximum Gasteiger partial charge on any atom is 0.262 e. The van der Waals surface area contributed by atoms with Gasteiger partial charge in [0.1, 0.15) is 5.75 Å². The number of nitrogens with zero attached hydrogens (tertiary/aromatic N) is 3. The Hall–Kier alpha value is -2.83. The molecule has 0 unspecified atom stereocenters. The molecule has 1 fully saturated rings. The summed E-state index contributed by atoms with van der Waals surface area (Å²) in [5.41, 5.74) is 1.52. The van der Waals surface area contributed by atoms with Gasteiger partial charge in [0, 0.05) is 30.5 Å². The fraction of sp³-hybridized carbons (Fsp3) is 0.476. The van der Waals surface area contributed by atoms with Crippen molar-refractivity contribution in [3.05, 3.63) is 36.0 Å². The number of rotatable bonds is 7. The van der Waals surface area contributed by atoms with Crippen LogP contribution in [0.3, 0.4) is 0 Å². The number of aryl methyl sites for hydroxylation is 1. The van der Waals surface area contributed by atoms with Crippen LogP contribution >= 0.6 is 0 Å². The normalized spacial score (nSPS) is 16.5. The van der Waals surface area contributed by atoms with Crippen LogP contribution in [0.25, 0.3) is 0 Å². The molecule has 1 aromatic heterocycles. The largest absolute Gasteiger partial charge is 0.494 e. The van der Waals surface area contributed by atoms with Gasteiger partial charge in [0.05, 0.1) is 6.61 Å². The first-order valence-corrected chi connectivity index (χ1v) is 9.79. The number of piperidine rings is 1. The van der Waals surface area contributed by atoms with Crippen LogP contribution in [0, 0.1) is 12.8 Å². The van der Waals surface area contributed by atoms with E-state index in [9.17, 15) is 4.79 Å². The van der Waals surface area contributed by atoms with Crippen LogP contribution in [0.4, 0.5) is 11.6 Å². The lowest BCUT2D eigenvalue weighted by atomic mass is 10.0. The molecule has 1 aliphatic heterocycles. The molecule has 7 nitrogen and oxygen atoms in total. The molecule has 2 heterocycles. The Bertz CT molecular complexity index is 795. The highest BCUT2D eigenvalue weighted by molar-refractivity contribution is 5.91. The minimum Gasteiger partial charge on any atom is -0.494 e. The highest BCUT2D eigenvalue weighted by Gasteiger charge is 2.19. The Labute approximate surface area is 166 Å². The van der Waals surface area contributed by atoms with Crippen molar-refractivity contribution in [1.29, 1.82) is 0 Å². The number of aromatic nitrogens is 2. The molecule has 1 atom stereocenters. The van der Waals surface area contributed by atoms with Gasteiger partial charge in [0.15, 0.2) is 6.61 Å². The van der Waals surface area contributed by atoms with Gasteiger partial charge in [0.25, 0.3) is 5.91 Å². The molecule has 150 valence electrons. The van der Waals surface area contributed by atoms with Crippen LogP contribution in [0.2, 0.25) is 0 Å². The van der Waals surface area contributed by atoms with E-state index in [1.54, 1.807) is 18.2 Å². The summed E-state index contributed by atoms with van der Waals surface area (Å²) in [6.07, 6.45) is 2.37. The SMILES string of the molecule is CCOc1ccc(NC(=O)COc2cc(C)nc(N3CCC[C@@H](C)C3)n2)cc1. The topological polar surface area (TPSA) is 76.6 Å². The van der Waals surface area contributed by atoms with E-state index in [0.29, 0.717) is 30.0 Å². The van der Waals surface area contributed by atoms with E-state index < -0.39 is 0 Å². The summed E-state index contributed by atoms with van der Waals surface area (Å²) in [6, 6.07) is 8.99. The van der Waals surface area contributed by atoms with Gasteiger partial charge < -0.3 is 19.7 Å². The van der Waals surface area contributed by atoms with Gasteiger partial charge in [-0.15, -0.1) is 0 Å². The van der Waals surface area contributed by atoms with Gasteiger partial charge in [-0.2, -0.15) is 4.98 Å². The molecule has 0 aliphatic carbocycles. The average Bonchev–Trinajstić information content (AvgIpc) is 2.68. The molecule has 28 heavy (non-hydrogen) atoms. The maximum absolute atomic E-state index is 12.2. The molecule has 1 N–H and O–H groups in total. The average molecular weight is 384 g/mol. The number of carbonyl (C=O) groups excluding carboxylic acids is 1. The van der Waals surface area contributed by atoms with Crippen molar-refractivity contribution in [1.82, 2.24) is 9.97 Å². The molecular formula is C21H28N4O3. The lowest BCUT2D eigenvalue weighted by molar-refractivity contribution is -0.118.